The van der Waals surface area contributed by atoms with E-state index in [1.165, 1.54) is 0 Å². The first-order chi connectivity index (χ1) is 6.68. The van der Waals surface area contributed by atoms with Crippen LogP contribution in [0, 0.1) is 0 Å². The highest BCUT2D eigenvalue weighted by Gasteiger charge is 2.07. The summed E-state index contributed by atoms with van der Waals surface area (Å²) < 4.78 is 5.33. The van der Waals surface area contributed by atoms with Crippen molar-refractivity contribution in [2.75, 3.05) is 19.8 Å². The number of carbonyl (C=O) groups is 1. The summed E-state index contributed by atoms with van der Waals surface area (Å²) in [6.45, 7) is 5.98. The Bertz CT molecular complexity index is 150. The zero-order chi connectivity index (χ0) is 10.8. The molecule has 1 unspecified atom stereocenters. The lowest BCUT2D eigenvalue weighted by atomic mass is 10.3. The minimum atomic E-state index is -0.808. The molecule has 0 heterocycles. The van der Waals surface area contributed by atoms with Gasteiger partial charge in [-0.05, 0) is 26.3 Å². The SMILES string of the molecule is CCCCOCCCNC(C)C(=O)O. The van der Waals surface area contributed by atoms with Gasteiger partial charge in [0.05, 0.1) is 0 Å². The van der Waals surface area contributed by atoms with Gasteiger partial charge < -0.3 is 15.2 Å². The second-order valence-corrected chi connectivity index (χ2v) is 3.33. The lowest BCUT2D eigenvalue weighted by Crippen LogP contribution is -2.34. The maximum atomic E-state index is 10.4. The second-order valence-electron chi connectivity index (χ2n) is 3.33. The lowest BCUT2D eigenvalue weighted by molar-refractivity contribution is -0.139. The zero-order valence-corrected chi connectivity index (χ0v) is 9.08. The van der Waals surface area contributed by atoms with E-state index in [2.05, 4.69) is 12.2 Å². The van der Waals surface area contributed by atoms with Crippen molar-refractivity contribution in [3.05, 3.63) is 0 Å². The number of hydrogen-bond donors (Lipinski definition) is 2. The van der Waals surface area contributed by atoms with Crippen molar-refractivity contribution in [2.45, 2.75) is 39.2 Å². The molecular weight excluding hydrogens is 182 g/mol. The number of hydrogen-bond acceptors (Lipinski definition) is 3. The molecule has 4 nitrogen and oxygen atoms in total. The summed E-state index contributed by atoms with van der Waals surface area (Å²) in [6, 6.07) is -0.467. The Hall–Kier alpha value is -0.610. The van der Waals surface area contributed by atoms with Crippen molar-refractivity contribution in [1.82, 2.24) is 5.32 Å². The predicted molar refractivity (Wildman–Crippen MR) is 55.4 cm³/mol. The van der Waals surface area contributed by atoms with Crippen LogP contribution in [-0.2, 0) is 9.53 Å². The normalized spacial score (nSPS) is 12.7. The molecular formula is C10H21NO3. The standard InChI is InChI=1S/C10H21NO3/c1-3-4-7-14-8-5-6-11-9(2)10(12)13/h9,11H,3-8H2,1-2H3,(H,12,13). The molecule has 4 heteroatoms. The van der Waals surface area contributed by atoms with E-state index in [1.807, 2.05) is 0 Å². The Kier molecular flexibility index (Phi) is 8.57. The molecule has 0 aliphatic heterocycles. The Morgan fingerprint density at radius 3 is 2.64 bits per heavy atom. The summed E-state index contributed by atoms with van der Waals surface area (Å²) in [6.07, 6.45) is 3.11. The fourth-order valence-electron chi connectivity index (χ4n) is 0.929. The highest BCUT2D eigenvalue weighted by molar-refractivity contribution is 5.72. The summed E-state index contributed by atoms with van der Waals surface area (Å²) in [5.41, 5.74) is 0. The topological polar surface area (TPSA) is 58.6 Å². The van der Waals surface area contributed by atoms with Gasteiger partial charge in [0.25, 0.3) is 0 Å². The number of carboxylic acid groups (broad SMARTS) is 1. The molecule has 0 aliphatic carbocycles. The molecule has 0 aliphatic rings. The van der Waals surface area contributed by atoms with Crippen LogP contribution in [0.4, 0.5) is 0 Å². The van der Waals surface area contributed by atoms with Gasteiger partial charge in [0.2, 0.25) is 0 Å². The van der Waals surface area contributed by atoms with E-state index in [0.717, 1.165) is 25.9 Å². The van der Waals surface area contributed by atoms with E-state index >= 15 is 0 Å². The minimum absolute atomic E-state index is 0.467. The van der Waals surface area contributed by atoms with E-state index in [9.17, 15) is 4.79 Å². The quantitative estimate of drug-likeness (QED) is 0.554. The van der Waals surface area contributed by atoms with Crippen LogP contribution in [0.3, 0.4) is 0 Å². The van der Waals surface area contributed by atoms with Gasteiger partial charge >= 0.3 is 5.97 Å². The number of ether oxygens (including phenoxy) is 1. The van der Waals surface area contributed by atoms with Crippen LogP contribution in [0.5, 0.6) is 0 Å². The third-order valence-electron chi connectivity index (χ3n) is 1.93. The van der Waals surface area contributed by atoms with Crippen LogP contribution < -0.4 is 5.32 Å². The summed E-state index contributed by atoms with van der Waals surface area (Å²) in [5.74, 6) is -0.808. The van der Waals surface area contributed by atoms with Crippen LogP contribution >= 0.6 is 0 Å². The molecule has 2 N–H and O–H groups in total. The van der Waals surface area contributed by atoms with Gasteiger partial charge in [0.15, 0.2) is 0 Å². The fraction of sp³-hybridized carbons (Fsp3) is 0.900. The van der Waals surface area contributed by atoms with Gasteiger partial charge in [-0.3, -0.25) is 4.79 Å². The summed E-state index contributed by atoms with van der Waals surface area (Å²) >= 11 is 0. The Balaban J connectivity index is 3.09. The summed E-state index contributed by atoms with van der Waals surface area (Å²) in [5, 5.41) is 11.5. The van der Waals surface area contributed by atoms with Crippen LogP contribution in [0.25, 0.3) is 0 Å². The lowest BCUT2D eigenvalue weighted by Gasteiger charge is -2.08. The van der Waals surface area contributed by atoms with Crippen LogP contribution in [0.2, 0.25) is 0 Å². The number of unbranched alkanes of at least 4 members (excludes halogenated alkanes) is 1. The van der Waals surface area contributed by atoms with E-state index in [4.69, 9.17) is 9.84 Å². The molecule has 14 heavy (non-hydrogen) atoms. The highest BCUT2D eigenvalue weighted by Crippen LogP contribution is 1.89. The molecule has 0 rings (SSSR count). The molecule has 0 amide bonds. The van der Waals surface area contributed by atoms with Crippen molar-refractivity contribution < 1.29 is 14.6 Å². The van der Waals surface area contributed by atoms with Crippen LogP contribution in [0.15, 0.2) is 0 Å². The van der Waals surface area contributed by atoms with Gasteiger partial charge in [-0.15, -0.1) is 0 Å². The maximum Gasteiger partial charge on any atom is 0.320 e. The maximum absolute atomic E-state index is 10.4. The van der Waals surface area contributed by atoms with E-state index < -0.39 is 12.0 Å². The fourth-order valence-corrected chi connectivity index (χ4v) is 0.929. The monoisotopic (exact) mass is 203 g/mol. The number of carboxylic acids is 1. The van der Waals surface area contributed by atoms with Crippen molar-refractivity contribution in [2.24, 2.45) is 0 Å². The third-order valence-corrected chi connectivity index (χ3v) is 1.93. The van der Waals surface area contributed by atoms with Crippen LogP contribution in [-0.4, -0.2) is 36.9 Å². The van der Waals surface area contributed by atoms with Crippen molar-refractivity contribution >= 4 is 5.97 Å². The molecule has 0 aromatic heterocycles. The van der Waals surface area contributed by atoms with Crippen molar-refractivity contribution in [3.8, 4) is 0 Å². The summed E-state index contributed by atoms with van der Waals surface area (Å²) in [7, 11) is 0. The van der Waals surface area contributed by atoms with Gasteiger partial charge in [0, 0.05) is 13.2 Å². The van der Waals surface area contributed by atoms with Crippen LogP contribution in [0.1, 0.15) is 33.1 Å². The average Bonchev–Trinajstić information content (AvgIpc) is 2.16. The van der Waals surface area contributed by atoms with Gasteiger partial charge in [-0.25, -0.2) is 0 Å². The number of nitrogens with one attached hydrogen (secondary N) is 1. The Labute approximate surface area is 85.6 Å². The molecule has 0 saturated heterocycles. The molecule has 0 saturated carbocycles. The Morgan fingerprint density at radius 1 is 1.43 bits per heavy atom. The number of rotatable bonds is 9. The first-order valence-corrected chi connectivity index (χ1v) is 5.22. The van der Waals surface area contributed by atoms with Gasteiger partial charge in [-0.1, -0.05) is 13.3 Å². The largest absolute Gasteiger partial charge is 0.480 e. The van der Waals surface area contributed by atoms with Gasteiger partial charge in [-0.2, -0.15) is 0 Å². The van der Waals surface area contributed by atoms with Crippen molar-refractivity contribution in [1.29, 1.82) is 0 Å². The average molecular weight is 203 g/mol. The van der Waals surface area contributed by atoms with Crippen molar-refractivity contribution in [3.63, 3.8) is 0 Å². The molecule has 0 fully saturated rings. The summed E-state index contributed by atoms with van der Waals surface area (Å²) in [4.78, 5) is 10.4. The molecule has 0 aromatic carbocycles. The predicted octanol–water partition coefficient (Wildman–Crippen LogP) is 1.26. The molecule has 84 valence electrons. The van der Waals surface area contributed by atoms with E-state index in [0.29, 0.717) is 13.2 Å². The van der Waals surface area contributed by atoms with Gasteiger partial charge in [0.1, 0.15) is 6.04 Å². The Morgan fingerprint density at radius 2 is 2.07 bits per heavy atom. The molecule has 0 bridgehead atoms. The minimum Gasteiger partial charge on any atom is -0.480 e. The first-order valence-electron chi connectivity index (χ1n) is 5.22. The van der Waals surface area contributed by atoms with E-state index in [1.54, 1.807) is 6.92 Å². The second kappa shape index (κ2) is 8.97. The smallest absolute Gasteiger partial charge is 0.320 e. The highest BCUT2D eigenvalue weighted by atomic mass is 16.5. The first kappa shape index (κ1) is 13.4. The molecule has 0 spiro atoms. The zero-order valence-electron chi connectivity index (χ0n) is 9.08. The van der Waals surface area contributed by atoms with E-state index in [-0.39, 0.29) is 0 Å². The number of aliphatic carboxylic acids is 1. The third kappa shape index (κ3) is 8.01. The molecule has 0 radical (unpaired) electrons. The molecule has 1 atom stereocenters. The molecule has 0 aromatic rings.